The van der Waals surface area contributed by atoms with Crippen LogP contribution in [0.2, 0.25) is 0 Å². The Balaban J connectivity index is 1.42. The van der Waals surface area contributed by atoms with Gasteiger partial charge in [0, 0.05) is 37.0 Å². The van der Waals surface area contributed by atoms with E-state index in [0.717, 1.165) is 6.07 Å². The molecule has 182 valence electrons. The summed E-state index contributed by atoms with van der Waals surface area (Å²) in [4.78, 5) is 50.9. The van der Waals surface area contributed by atoms with Crippen LogP contribution in [0.25, 0.3) is 0 Å². The first-order valence-corrected chi connectivity index (χ1v) is 11.1. The first-order chi connectivity index (χ1) is 16.9. The number of rotatable bonds is 7. The molecule has 0 spiro atoms. The van der Waals surface area contributed by atoms with E-state index in [2.05, 4.69) is 25.6 Å². The Morgan fingerprint density at radius 1 is 1.14 bits per heavy atom. The summed E-state index contributed by atoms with van der Waals surface area (Å²) in [5.74, 6) is -1.04. The van der Waals surface area contributed by atoms with Crippen LogP contribution in [-0.4, -0.2) is 53.1 Å². The van der Waals surface area contributed by atoms with Crippen molar-refractivity contribution in [3.05, 3.63) is 75.7 Å². The smallest absolute Gasteiger partial charge is 0.274 e. The van der Waals surface area contributed by atoms with Gasteiger partial charge in [-0.05, 0) is 43.7 Å². The normalized spacial score (nSPS) is 13.4. The summed E-state index contributed by atoms with van der Waals surface area (Å²) in [6, 6.07) is 8.53. The fourth-order valence-electron chi connectivity index (χ4n) is 3.68. The number of ether oxygens (including phenoxy) is 1. The van der Waals surface area contributed by atoms with Gasteiger partial charge in [-0.15, -0.1) is 0 Å². The fraction of sp³-hybridized carbons (Fsp3) is 0.292. The molecular formula is C24H25FN6O4. The SMILES string of the molecule is Cc1nc(N2CCOCC2)[nH]c(=O)c1CCC(=O)Nc1cc(F)ccc1NC(=O)c1ccccn1. The van der Waals surface area contributed by atoms with E-state index < -0.39 is 17.6 Å². The maximum absolute atomic E-state index is 13.9. The van der Waals surface area contributed by atoms with Crippen molar-refractivity contribution >= 4 is 29.1 Å². The number of nitrogens with one attached hydrogen (secondary N) is 3. The van der Waals surface area contributed by atoms with Crippen LogP contribution >= 0.6 is 0 Å². The van der Waals surface area contributed by atoms with E-state index in [1.165, 1.54) is 24.4 Å². The number of benzene rings is 1. The number of hydrogen-bond donors (Lipinski definition) is 3. The number of pyridine rings is 1. The van der Waals surface area contributed by atoms with Crippen LogP contribution in [0.15, 0.2) is 47.4 Å². The maximum atomic E-state index is 13.9. The number of aromatic nitrogens is 3. The minimum atomic E-state index is -0.577. The quantitative estimate of drug-likeness (QED) is 0.473. The largest absolute Gasteiger partial charge is 0.378 e. The van der Waals surface area contributed by atoms with E-state index in [1.807, 2.05) is 4.90 Å². The first-order valence-electron chi connectivity index (χ1n) is 11.1. The molecule has 3 aromatic rings. The molecule has 1 fully saturated rings. The molecule has 2 amide bonds. The number of morpholine rings is 1. The summed E-state index contributed by atoms with van der Waals surface area (Å²) in [6.45, 7) is 4.13. The molecule has 1 saturated heterocycles. The average molecular weight is 481 g/mol. The molecule has 2 aromatic heterocycles. The predicted octanol–water partition coefficient (Wildman–Crippen LogP) is 2.27. The van der Waals surface area contributed by atoms with Gasteiger partial charge in [0.25, 0.3) is 11.5 Å². The number of anilines is 3. The van der Waals surface area contributed by atoms with E-state index in [4.69, 9.17) is 4.74 Å². The zero-order valence-corrected chi connectivity index (χ0v) is 19.1. The van der Waals surface area contributed by atoms with Crippen molar-refractivity contribution in [2.24, 2.45) is 0 Å². The molecule has 3 heterocycles. The van der Waals surface area contributed by atoms with Gasteiger partial charge >= 0.3 is 0 Å². The van der Waals surface area contributed by atoms with Crippen LogP contribution < -0.4 is 21.1 Å². The van der Waals surface area contributed by atoms with Crippen LogP contribution in [0, 0.1) is 12.7 Å². The molecular weight excluding hydrogens is 455 g/mol. The molecule has 0 unspecified atom stereocenters. The van der Waals surface area contributed by atoms with Crippen molar-refractivity contribution in [1.29, 1.82) is 0 Å². The fourth-order valence-corrected chi connectivity index (χ4v) is 3.68. The third-order valence-electron chi connectivity index (χ3n) is 5.52. The van der Waals surface area contributed by atoms with Crippen molar-refractivity contribution in [1.82, 2.24) is 15.0 Å². The Hall–Kier alpha value is -4.12. The monoisotopic (exact) mass is 480 g/mol. The Labute approximate surface area is 200 Å². The Kier molecular flexibility index (Phi) is 7.46. The first kappa shape index (κ1) is 24.0. The number of aromatic amines is 1. The highest BCUT2D eigenvalue weighted by molar-refractivity contribution is 6.06. The summed E-state index contributed by atoms with van der Waals surface area (Å²) in [5, 5.41) is 5.24. The van der Waals surface area contributed by atoms with Crippen LogP contribution in [0.1, 0.15) is 28.2 Å². The Bertz CT molecular complexity index is 1270. The zero-order chi connectivity index (χ0) is 24.8. The summed E-state index contributed by atoms with van der Waals surface area (Å²) in [7, 11) is 0. The molecule has 1 aliphatic rings. The number of nitrogens with zero attached hydrogens (tertiary/aromatic N) is 3. The van der Waals surface area contributed by atoms with Gasteiger partial charge in [-0.2, -0.15) is 0 Å². The molecule has 0 atom stereocenters. The van der Waals surface area contributed by atoms with Crippen molar-refractivity contribution in [2.45, 2.75) is 19.8 Å². The molecule has 0 radical (unpaired) electrons. The Morgan fingerprint density at radius 3 is 2.66 bits per heavy atom. The van der Waals surface area contributed by atoms with Crippen molar-refractivity contribution in [3.63, 3.8) is 0 Å². The van der Waals surface area contributed by atoms with Crippen LogP contribution in [-0.2, 0) is 16.0 Å². The van der Waals surface area contributed by atoms with Gasteiger partial charge in [0.05, 0.1) is 24.6 Å². The molecule has 11 heteroatoms. The van der Waals surface area contributed by atoms with Crippen LogP contribution in [0.3, 0.4) is 0 Å². The standard InChI is InChI=1S/C24H25FN6O4/c1-15-17(22(33)30-24(27-15)31-10-12-35-13-11-31)6-8-21(32)28-20-14-16(25)5-7-18(20)29-23(34)19-4-2-3-9-26-19/h2-5,7,9,14H,6,8,10-13H2,1H3,(H,28,32)(H,29,34)(H,27,30,33). The predicted molar refractivity (Wildman–Crippen MR) is 128 cm³/mol. The highest BCUT2D eigenvalue weighted by Crippen LogP contribution is 2.24. The third kappa shape index (κ3) is 6.07. The molecule has 1 aliphatic heterocycles. The molecule has 1 aromatic carbocycles. The second-order valence-corrected chi connectivity index (χ2v) is 7.96. The lowest BCUT2D eigenvalue weighted by atomic mass is 10.1. The highest BCUT2D eigenvalue weighted by atomic mass is 19.1. The van der Waals surface area contributed by atoms with Gasteiger partial charge in [-0.3, -0.25) is 24.4 Å². The number of halogens is 1. The van der Waals surface area contributed by atoms with Gasteiger partial charge in [-0.1, -0.05) is 6.07 Å². The van der Waals surface area contributed by atoms with E-state index in [0.29, 0.717) is 43.5 Å². The number of hydrogen-bond acceptors (Lipinski definition) is 7. The topological polar surface area (TPSA) is 129 Å². The number of aryl methyl sites for hydroxylation is 1. The van der Waals surface area contributed by atoms with Gasteiger partial charge in [-0.25, -0.2) is 9.37 Å². The summed E-state index contributed by atoms with van der Waals surface area (Å²) >= 11 is 0. The van der Waals surface area contributed by atoms with Crippen molar-refractivity contribution in [3.8, 4) is 0 Å². The summed E-state index contributed by atoms with van der Waals surface area (Å²) in [6.07, 6.45) is 1.59. The molecule has 0 bridgehead atoms. The van der Waals surface area contributed by atoms with Gasteiger partial charge in [0.15, 0.2) is 0 Å². The Morgan fingerprint density at radius 2 is 1.94 bits per heavy atom. The van der Waals surface area contributed by atoms with E-state index in [9.17, 15) is 18.8 Å². The maximum Gasteiger partial charge on any atom is 0.274 e. The zero-order valence-electron chi connectivity index (χ0n) is 19.1. The minimum Gasteiger partial charge on any atom is -0.378 e. The minimum absolute atomic E-state index is 0.0351. The molecule has 3 N–H and O–H groups in total. The molecule has 10 nitrogen and oxygen atoms in total. The second kappa shape index (κ2) is 10.9. The lowest BCUT2D eigenvalue weighted by molar-refractivity contribution is -0.116. The third-order valence-corrected chi connectivity index (χ3v) is 5.52. The lowest BCUT2D eigenvalue weighted by Gasteiger charge is -2.27. The van der Waals surface area contributed by atoms with E-state index >= 15 is 0 Å². The number of carbonyl (C=O) groups is 2. The van der Waals surface area contributed by atoms with E-state index in [-0.39, 0.29) is 35.5 Å². The van der Waals surface area contributed by atoms with E-state index in [1.54, 1.807) is 19.1 Å². The number of carbonyl (C=O) groups excluding carboxylic acids is 2. The molecule has 35 heavy (non-hydrogen) atoms. The molecule has 0 aliphatic carbocycles. The van der Waals surface area contributed by atoms with Crippen molar-refractivity contribution in [2.75, 3.05) is 41.8 Å². The van der Waals surface area contributed by atoms with Crippen LogP contribution in [0.4, 0.5) is 21.7 Å². The lowest BCUT2D eigenvalue weighted by Crippen LogP contribution is -2.38. The summed E-state index contributed by atoms with van der Waals surface area (Å²) in [5.41, 5.74) is 1.14. The van der Waals surface area contributed by atoms with Gasteiger partial charge in [0.1, 0.15) is 11.5 Å². The van der Waals surface area contributed by atoms with Gasteiger partial charge < -0.3 is 20.3 Å². The highest BCUT2D eigenvalue weighted by Gasteiger charge is 2.18. The average Bonchev–Trinajstić information content (AvgIpc) is 2.86. The summed E-state index contributed by atoms with van der Waals surface area (Å²) < 4.78 is 19.2. The molecule has 4 rings (SSSR count). The second-order valence-electron chi connectivity index (χ2n) is 7.96. The van der Waals surface area contributed by atoms with Gasteiger partial charge in [0.2, 0.25) is 11.9 Å². The number of H-pyrrole nitrogens is 1. The van der Waals surface area contributed by atoms with Crippen LogP contribution in [0.5, 0.6) is 0 Å². The molecule has 0 saturated carbocycles. The van der Waals surface area contributed by atoms with Crippen molar-refractivity contribution < 1.29 is 18.7 Å². The number of amides is 2.